The second-order valence-electron chi connectivity index (χ2n) is 5.78. The zero-order valence-corrected chi connectivity index (χ0v) is 12.6. The van der Waals surface area contributed by atoms with Crippen LogP contribution in [0.2, 0.25) is 0 Å². The molecule has 0 saturated heterocycles. The molecule has 0 fully saturated rings. The molecular formula is C15H17N3OS. The maximum atomic E-state index is 9.65. The molecular weight excluding hydrogens is 270 g/mol. The third-order valence-electron chi connectivity index (χ3n) is 3.18. The summed E-state index contributed by atoms with van der Waals surface area (Å²) in [6.45, 7) is 6.23. The number of aromatic nitrogens is 3. The molecule has 0 spiro atoms. The van der Waals surface area contributed by atoms with Crippen molar-refractivity contribution in [3.63, 3.8) is 0 Å². The smallest absolute Gasteiger partial charge is 0.213 e. The summed E-state index contributed by atoms with van der Waals surface area (Å²) >= 11 is 1.55. The van der Waals surface area contributed by atoms with Crippen molar-refractivity contribution in [2.45, 2.75) is 32.8 Å². The number of aliphatic hydroxyl groups is 1. The first kappa shape index (κ1) is 13.3. The normalized spacial score (nSPS) is 12.2. The molecule has 0 bridgehead atoms. The Balaban J connectivity index is 2.17. The quantitative estimate of drug-likeness (QED) is 0.787. The van der Waals surface area contributed by atoms with Gasteiger partial charge in [-0.3, -0.25) is 0 Å². The van der Waals surface area contributed by atoms with Gasteiger partial charge in [-0.1, -0.05) is 62.4 Å². The van der Waals surface area contributed by atoms with E-state index >= 15 is 0 Å². The summed E-state index contributed by atoms with van der Waals surface area (Å²) < 4.78 is 1.77. The average Bonchev–Trinajstić information content (AvgIpc) is 2.95. The van der Waals surface area contributed by atoms with Gasteiger partial charge in [-0.15, -0.1) is 0 Å². The number of rotatable bonds is 2. The standard InChI is InChI=1S/C15H17N3OS/c1-15(2,3)12-11(9-19)18-14(16-12)20-13(17-18)10-7-5-4-6-8-10/h4-8,19H,9H2,1-3H3. The molecule has 5 heteroatoms. The molecule has 0 unspecified atom stereocenters. The first-order valence-electron chi connectivity index (χ1n) is 6.56. The van der Waals surface area contributed by atoms with Gasteiger partial charge in [0.2, 0.25) is 4.96 Å². The van der Waals surface area contributed by atoms with E-state index in [2.05, 4.69) is 30.9 Å². The van der Waals surface area contributed by atoms with Gasteiger partial charge < -0.3 is 5.11 Å². The summed E-state index contributed by atoms with van der Waals surface area (Å²) in [6.07, 6.45) is 0. The maximum absolute atomic E-state index is 9.65. The van der Waals surface area contributed by atoms with Gasteiger partial charge in [0, 0.05) is 11.0 Å². The fraction of sp³-hybridized carbons (Fsp3) is 0.333. The van der Waals surface area contributed by atoms with Crippen LogP contribution in [-0.2, 0) is 12.0 Å². The molecule has 0 saturated carbocycles. The van der Waals surface area contributed by atoms with Crippen molar-refractivity contribution in [2.75, 3.05) is 0 Å². The lowest BCUT2D eigenvalue weighted by Gasteiger charge is -2.16. The minimum Gasteiger partial charge on any atom is -0.390 e. The van der Waals surface area contributed by atoms with E-state index in [0.717, 1.165) is 26.9 Å². The minimum atomic E-state index is -0.0988. The van der Waals surface area contributed by atoms with Crippen LogP contribution in [0.1, 0.15) is 32.2 Å². The van der Waals surface area contributed by atoms with Gasteiger partial charge in [0.25, 0.3) is 0 Å². The second kappa shape index (κ2) is 4.68. The summed E-state index contributed by atoms with van der Waals surface area (Å²) in [5, 5.41) is 15.2. The monoisotopic (exact) mass is 287 g/mol. The summed E-state index contributed by atoms with van der Waals surface area (Å²) in [5.41, 5.74) is 2.67. The second-order valence-corrected chi connectivity index (χ2v) is 6.74. The third kappa shape index (κ3) is 2.13. The lowest BCUT2D eigenvalue weighted by molar-refractivity contribution is 0.270. The fourth-order valence-corrected chi connectivity index (χ4v) is 3.15. The van der Waals surface area contributed by atoms with E-state index < -0.39 is 0 Å². The first-order chi connectivity index (χ1) is 9.50. The van der Waals surface area contributed by atoms with Gasteiger partial charge in [0.15, 0.2) is 0 Å². The third-order valence-corrected chi connectivity index (χ3v) is 4.13. The Morgan fingerprint density at radius 1 is 1.20 bits per heavy atom. The fourth-order valence-electron chi connectivity index (χ4n) is 2.23. The molecule has 3 rings (SSSR count). The number of hydrogen-bond donors (Lipinski definition) is 1. The molecule has 0 atom stereocenters. The van der Waals surface area contributed by atoms with E-state index in [4.69, 9.17) is 0 Å². The van der Waals surface area contributed by atoms with Crippen LogP contribution in [0.3, 0.4) is 0 Å². The highest BCUT2D eigenvalue weighted by molar-refractivity contribution is 7.19. The van der Waals surface area contributed by atoms with E-state index in [0.29, 0.717) is 0 Å². The van der Waals surface area contributed by atoms with Crippen LogP contribution < -0.4 is 0 Å². The Kier molecular flexibility index (Phi) is 3.11. The van der Waals surface area contributed by atoms with Crippen LogP contribution in [0, 0.1) is 0 Å². The highest BCUT2D eigenvalue weighted by Crippen LogP contribution is 2.31. The molecule has 0 aliphatic heterocycles. The number of fused-ring (bicyclic) bond motifs is 1. The Labute approximate surface area is 121 Å². The van der Waals surface area contributed by atoms with Gasteiger partial charge in [-0.2, -0.15) is 5.10 Å². The van der Waals surface area contributed by atoms with E-state index in [1.165, 1.54) is 0 Å². The lowest BCUT2D eigenvalue weighted by atomic mass is 9.91. The van der Waals surface area contributed by atoms with Crippen molar-refractivity contribution < 1.29 is 5.11 Å². The molecule has 20 heavy (non-hydrogen) atoms. The van der Waals surface area contributed by atoms with Crippen LogP contribution in [0.4, 0.5) is 0 Å². The number of benzene rings is 1. The average molecular weight is 287 g/mol. The van der Waals surface area contributed by atoms with E-state index in [1.54, 1.807) is 15.9 Å². The molecule has 0 amide bonds. The van der Waals surface area contributed by atoms with Crippen molar-refractivity contribution in [2.24, 2.45) is 0 Å². The van der Waals surface area contributed by atoms with Crippen molar-refractivity contribution >= 4 is 16.3 Å². The van der Waals surface area contributed by atoms with Gasteiger partial charge in [-0.25, -0.2) is 9.50 Å². The molecule has 0 aliphatic rings. The predicted molar refractivity (Wildman–Crippen MR) is 80.9 cm³/mol. The van der Waals surface area contributed by atoms with Crippen molar-refractivity contribution in [1.29, 1.82) is 0 Å². The van der Waals surface area contributed by atoms with Gasteiger partial charge >= 0.3 is 0 Å². The molecule has 1 N–H and O–H groups in total. The molecule has 0 radical (unpaired) electrons. The molecule has 0 aliphatic carbocycles. The molecule has 2 heterocycles. The van der Waals surface area contributed by atoms with E-state index in [1.807, 2.05) is 30.3 Å². The van der Waals surface area contributed by atoms with Crippen molar-refractivity contribution in [3.8, 4) is 10.6 Å². The summed E-state index contributed by atoms with van der Waals surface area (Å²) in [4.78, 5) is 5.49. The molecule has 2 aromatic heterocycles. The summed E-state index contributed by atoms with van der Waals surface area (Å²) in [7, 11) is 0. The van der Waals surface area contributed by atoms with Crippen molar-refractivity contribution in [1.82, 2.24) is 14.6 Å². The molecule has 3 aromatic rings. The molecule has 4 nitrogen and oxygen atoms in total. The number of imidazole rings is 1. The van der Waals surface area contributed by atoms with Gasteiger partial charge in [0.05, 0.1) is 18.0 Å². The summed E-state index contributed by atoms with van der Waals surface area (Å²) in [5.74, 6) is 0. The van der Waals surface area contributed by atoms with Gasteiger partial charge in [0.1, 0.15) is 5.01 Å². The van der Waals surface area contributed by atoms with E-state index in [-0.39, 0.29) is 12.0 Å². The highest BCUT2D eigenvalue weighted by atomic mass is 32.1. The number of hydrogen-bond acceptors (Lipinski definition) is 4. The zero-order valence-electron chi connectivity index (χ0n) is 11.8. The Morgan fingerprint density at radius 3 is 2.50 bits per heavy atom. The predicted octanol–water partition coefficient (Wildman–Crippen LogP) is 3.25. The zero-order chi connectivity index (χ0) is 14.3. The van der Waals surface area contributed by atoms with E-state index in [9.17, 15) is 5.11 Å². The van der Waals surface area contributed by atoms with Crippen LogP contribution in [0.25, 0.3) is 15.5 Å². The van der Waals surface area contributed by atoms with Crippen LogP contribution in [0.5, 0.6) is 0 Å². The summed E-state index contributed by atoms with van der Waals surface area (Å²) in [6, 6.07) is 10.0. The molecule has 104 valence electrons. The van der Waals surface area contributed by atoms with Crippen LogP contribution in [-0.4, -0.2) is 19.7 Å². The maximum Gasteiger partial charge on any atom is 0.213 e. The van der Waals surface area contributed by atoms with Crippen molar-refractivity contribution in [3.05, 3.63) is 41.7 Å². The lowest BCUT2D eigenvalue weighted by Crippen LogP contribution is -2.15. The Bertz CT molecular complexity index is 738. The highest BCUT2D eigenvalue weighted by Gasteiger charge is 2.25. The van der Waals surface area contributed by atoms with Crippen LogP contribution in [0.15, 0.2) is 30.3 Å². The Morgan fingerprint density at radius 2 is 1.90 bits per heavy atom. The molecule has 1 aromatic carbocycles. The first-order valence-corrected chi connectivity index (χ1v) is 7.37. The van der Waals surface area contributed by atoms with Crippen LogP contribution >= 0.6 is 11.3 Å². The minimum absolute atomic E-state index is 0.0499. The SMILES string of the molecule is CC(C)(C)c1nc2sc(-c3ccccc3)nn2c1CO. The topological polar surface area (TPSA) is 50.4 Å². The number of aliphatic hydroxyl groups excluding tert-OH is 1. The largest absolute Gasteiger partial charge is 0.390 e. The number of nitrogens with zero attached hydrogens (tertiary/aromatic N) is 3. The Hall–Kier alpha value is -1.72. The van der Waals surface area contributed by atoms with Gasteiger partial charge in [-0.05, 0) is 0 Å².